The Labute approximate surface area is 78.8 Å². The van der Waals surface area contributed by atoms with E-state index in [2.05, 4.69) is 0 Å². The van der Waals surface area contributed by atoms with Gasteiger partial charge in [0, 0.05) is 0 Å². The minimum Gasteiger partial charge on any atom is -0.330 e. The third-order valence-corrected chi connectivity index (χ3v) is 2.19. The van der Waals surface area contributed by atoms with Gasteiger partial charge in [-0.25, -0.2) is 4.39 Å². The highest BCUT2D eigenvalue weighted by Gasteiger charge is 2.04. The lowest BCUT2D eigenvalue weighted by molar-refractivity contribution is 0.591. The van der Waals surface area contributed by atoms with Gasteiger partial charge in [0.1, 0.15) is 5.82 Å². The molecule has 13 heavy (non-hydrogen) atoms. The molecule has 0 unspecified atom stereocenters. The highest BCUT2D eigenvalue weighted by Crippen LogP contribution is 2.14. The van der Waals surface area contributed by atoms with E-state index >= 15 is 0 Å². The molecule has 0 saturated heterocycles. The van der Waals surface area contributed by atoms with E-state index in [9.17, 15) is 4.39 Å². The SMILES string of the molecule is CCc1cccc(CCCN)c1F. The van der Waals surface area contributed by atoms with Gasteiger partial charge in [0.25, 0.3) is 0 Å². The first-order valence-electron chi connectivity index (χ1n) is 4.76. The molecule has 1 aromatic carbocycles. The molecule has 2 N–H and O–H groups in total. The number of aryl methyl sites for hydroxylation is 2. The Morgan fingerprint density at radius 1 is 1.31 bits per heavy atom. The van der Waals surface area contributed by atoms with E-state index in [1.165, 1.54) is 0 Å². The molecule has 72 valence electrons. The summed E-state index contributed by atoms with van der Waals surface area (Å²) in [6, 6.07) is 5.58. The number of halogens is 1. The maximum absolute atomic E-state index is 13.6. The quantitative estimate of drug-likeness (QED) is 0.757. The molecule has 0 aromatic heterocycles. The molecule has 0 amide bonds. The summed E-state index contributed by atoms with van der Waals surface area (Å²) in [6.45, 7) is 2.58. The van der Waals surface area contributed by atoms with Crippen molar-refractivity contribution in [1.29, 1.82) is 0 Å². The van der Waals surface area contributed by atoms with Gasteiger partial charge in [0.2, 0.25) is 0 Å². The Morgan fingerprint density at radius 2 is 2.00 bits per heavy atom. The fourth-order valence-corrected chi connectivity index (χ4v) is 1.39. The molecule has 0 aliphatic carbocycles. The molecule has 1 rings (SSSR count). The summed E-state index contributed by atoms with van der Waals surface area (Å²) in [5.41, 5.74) is 6.97. The number of benzene rings is 1. The molecule has 0 aliphatic heterocycles. The van der Waals surface area contributed by atoms with Crippen LogP contribution >= 0.6 is 0 Å². The summed E-state index contributed by atoms with van der Waals surface area (Å²) in [7, 11) is 0. The van der Waals surface area contributed by atoms with Crippen LogP contribution in [0.5, 0.6) is 0 Å². The van der Waals surface area contributed by atoms with Crippen molar-refractivity contribution in [2.24, 2.45) is 5.73 Å². The highest BCUT2D eigenvalue weighted by molar-refractivity contribution is 5.26. The Morgan fingerprint density at radius 3 is 2.62 bits per heavy atom. The number of nitrogens with two attached hydrogens (primary N) is 1. The maximum atomic E-state index is 13.6. The van der Waals surface area contributed by atoms with Gasteiger partial charge in [0.05, 0.1) is 0 Å². The monoisotopic (exact) mass is 181 g/mol. The van der Waals surface area contributed by atoms with Crippen LogP contribution in [0.3, 0.4) is 0 Å². The van der Waals surface area contributed by atoms with Crippen molar-refractivity contribution in [2.45, 2.75) is 26.2 Å². The molecule has 0 fully saturated rings. The molecule has 0 aliphatic rings. The Hall–Kier alpha value is -0.890. The molecule has 0 saturated carbocycles. The van der Waals surface area contributed by atoms with Gasteiger partial charge in [-0.05, 0) is 36.9 Å². The third-order valence-electron chi connectivity index (χ3n) is 2.19. The van der Waals surface area contributed by atoms with E-state index in [1.807, 2.05) is 25.1 Å². The summed E-state index contributed by atoms with van der Waals surface area (Å²) in [5, 5.41) is 0. The van der Waals surface area contributed by atoms with Gasteiger partial charge >= 0.3 is 0 Å². The predicted octanol–water partition coefficient (Wildman–Crippen LogP) is 2.28. The van der Waals surface area contributed by atoms with Gasteiger partial charge in [0.15, 0.2) is 0 Å². The van der Waals surface area contributed by atoms with Crippen molar-refractivity contribution in [3.05, 3.63) is 35.1 Å². The molecule has 0 spiro atoms. The van der Waals surface area contributed by atoms with E-state index in [1.54, 1.807) is 0 Å². The smallest absolute Gasteiger partial charge is 0.129 e. The second-order valence-corrected chi connectivity index (χ2v) is 3.14. The zero-order chi connectivity index (χ0) is 9.68. The van der Waals surface area contributed by atoms with Gasteiger partial charge < -0.3 is 5.73 Å². The van der Waals surface area contributed by atoms with E-state index in [-0.39, 0.29) is 5.82 Å². The minimum atomic E-state index is -0.0431. The molecule has 1 nitrogen and oxygen atoms in total. The minimum absolute atomic E-state index is 0.0431. The Balaban J connectivity index is 2.81. The second-order valence-electron chi connectivity index (χ2n) is 3.14. The molecule has 1 aromatic rings. The van der Waals surface area contributed by atoms with Gasteiger partial charge in [-0.15, -0.1) is 0 Å². The fraction of sp³-hybridized carbons (Fsp3) is 0.455. The third kappa shape index (κ3) is 2.52. The van der Waals surface area contributed by atoms with E-state index in [0.717, 1.165) is 30.4 Å². The van der Waals surface area contributed by atoms with Crippen LogP contribution in [0.4, 0.5) is 4.39 Å². The molecule has 0 heterocycles. The lowest BCUT2D eigenvalue weighted by Crippen LogP contribution is -2.02. The molecule has 0 radical (unpaired) electrons. The molecular formula is C11H16FN. The van der Waals surface area contributed by atoms with Crippen LogP contribution in [0.15, 0.2) is 18.2 Å². The molecular weight excluding hydrogens is 165 g/mol. The molecule has 0 atom stereocenters. The highest BCUT2D eigenvalue weighted by atomic mass is 19.1. The molecule has 2 heteroatoms. The fourth-order valence-electron chi connectivity index (χ4n) is 1.39. The average molecular weight is 181 g/mol. The normalized spacial score (nSPS) is 10.4. The first kappa shape index (κ1) is 10.2. The van der Waals surface area contributed by atoms with Crippen LogP contribution in [0.1, 0.15) is 24.5 Å². The first-order valence-corrected chi connectivity index (χ1v) is 4.76. The Kier molecular flexibility index (Phi) is 3.90. The zero-order valence-electron chi connectivity index (χ0n) is 8.02. The van der Waals surface area contributed by atoms with Crippen LogP contribution < -0.4 is 5.73 Å². The predicted molar refractivity (Wildman–Crippen MR) is 53.2 cm³/mol. The zero-order valence-corrected chi connectivity index (χ0v) is 8.02. The van der Waals surface area contributed by atoms with Crippen molar-refractivity contribution in [1.82, 2.24) is 0 Å². The number of hydrogen-bond acceptors (Lipinski definition) is 1. The van der Waals surface area contributed by atoms with Crippen LogP contribution in [0.25, 0.3) is 0 Å². The van der Waals surface area contributed by atoms with Crippen molar-refractivity contribution < 1.29 is 4.39 Å². The summed E-state index contributed by atoms with van der Waals surface area (Å²) in [4.78, 5) is 0. The lowest BCUT2D eigenvalue weighted by Gasteiger charge is -2.05. The topological polar surface area (TPSA) is 26.0 Å². The second kappa shape index (κ2) is 4.97. The van der Waals surface area contributed by atoms with Gasteiger partial charge in [-0.3, -0.25) is 0 Å². The van der Waals surface area contributed by atoms with Crippen molar-refractivity contribution >= 4 is 0 Å². The van der Waals surface area contributed by atoms with Crippen LogP contribution in [-0.4, -0.2) is 6.54 Å². The Bertz CT molecular complexity index is 271. The maximum Gasteiger partial charge on any atom is 0.129 e. The summed E-state index contributed by atoms with van der Waals surface area (Å²) in [6.07, 6.45) is 2.35. The summed E-state index contributed by atoms with van der Waals surface area (Å²) in [5.74, 6) is -0.0431. The van der Waals surface area contributed by atoms with Gasteiger partial charge in [-0.2, -0.15) is 0 Å². The van der Waals surface area contributed by atoms with Crippen molar-refractivity contribution in [2.75, 3.05) is 6.54 Å². The van der Waals surface area contributed by atoms with E-state index in [4.69, 9.17) is 5.73 Å². The van der Waals surface area contributed by atoms with E-state index < -0.39 is 0 Å². The summed E-state index contributed by atoms with van der Waals surface area (Å²) < 4.78 is 13.6. The number of hydrogen-bond donors (Lipinski definition) is 1. The summed E-state index contributed by atoms with van der Waals surface area (Å²) >= 11 is 0. The lowest BCUT2D eigenvalue weighted by atomic mass is 10.0. The van der Waals surface area contributed by atoms with Crippen molar-refractivity contribution in [3.63, 3.8) is 0 Å². The average Bonchev–Trinajstić information content (AvgIpc) is 2.16. The van der Waals surface area contributed by atoms with Crippen molar-refractivity contribution in [3.8, 4) is 0 Å². The number of rotatable bonds is 4. The largest absolute Gasteiger partial charge is 0.330 e. The molecule has 0 bridgehead atoms. The van der Waals surface area contributed by atoms with Crippen LogP contribution in [-0.2, 0) is 12.8 Å². The van der Waals surface area contributed by atoms with Crippen LogP contribution in [0, 0.1) is 5.82 Å². The first-order chi connectivity index (χ1) is 6.29. The van der Waals surface area contributed by atoms with E-state index in [0.29, 0.717) is 6.54 Å². The van der Waals surface area contributed by atoms with Crippen LogP contribution in [0.2, 0.25) is 0 Å². The van der Waals surface area contributed by atoms with Gasteiger partial charge in [-0.1, -0.05) is 25.1 Å². The standard InChI is InChI=1S/C11H16FN/c1-2-9-5-3-6-10(11(9)12)7-4-8-13/h3,5-6H,2,4,7-8,13H2,1H3.